The van der Waals surface area contributed by atoms with Gasteiger partial charge < -0.3 is 0 Å². The maximum absolute atomic E-state index is 12.4. The van der Waals surface area contributed by atoms with E-state index in [-0.39, 0.29) is 11.3 Å². The van der Waals surface area contributed by atoms with E-state index in [2.05, 4.69) is 40.6 Å². The van der Waals surface area contributed by atoms with Crippen LogP contribution in [-0.4, -0.2) is 13.0 Å². The molecule has 18 heavy (non-hydrogen) atoms. The number of amides is 1. The van der Waals surface area contributed by atoms with Crippen LogP contribution in [0.3, 0.4) is 0 Å². The molecular formula is C14H19BrN2O. The molecule has 0 bridgehead atoms. The van der Waals surface area contributed by atoms with Crippen molar-refractivity contribution in [3.8, 4) is 0 Å². The van der Waals surface area contributed by atoms with Gasteiger partial charge >= 0.3 is 0 Å². The third kappa shape index (κ3) is 2.31. The van der Waals surface area contributed by atoms with Crippen molar-refractivity contribution in [3.05, 3.63) is 34.3 Å². The molecule has 0 aromatic heterocycles. The Kier molecular flexibility index (Phi) is 3.52. The Labute approximate surface area is 116 Å². The molecule has 1 aliphatic carbocycles. The second kappa shape index (κ2) is 4.67. The quantitative estimate of drug-likeness (QED) is 0.843. The van der Waals surface area contributed by atoms with Gasteiger partial charge in [0.25, 0.3) is 0 Å². The summed E-state index contributed by atoms with van der Waals surface area (Å²) in [4.78, 5) is 12.4. The molecular weight excluding hydrogens is 292 g/mol. The van der Waals surface area contributed by atoms with Crippen LogP contribution in [0.25, 0.3) is 0 Å². The summed E-state index contributed by atoms with van der Waals surface area (Å²) in [5.41, 5.74) is 6.41. The first-order chi connectivity index (χ1) is 8.39. The molecule has 2 rings (SSSR count). The highest BCUT2D eigenvalue weighted by molar-refractivity contribution is 9.10. The van der Waals surface area contributed by atoms with Crippen molar-refractivity contribution >= 4 is 21.8 Å². The first-order valence-electron chi connectivity index (χ1n) is 6.13. The highest BCUT2D eigenvalue weighted by Gasteiger charge is 2.55. The maximum Gasteiger partial charge on any atom is 0.244 e. The Morgan fingerprint density at radius 2 is 2.00 bits per heavy atom. The Hall–Kier alpha value is -0.870. The first-order valence-corrected chi connectivity index (χ1v) is 6.92. The van der Waals surface area contributed by atoms with Crippen molar-refractivity contribution < 1.29 is 4.79 Å². The number of halogens is 1. The number of hydrogen-bond acceptors (Lipinski definition) is 2. The second-order valence-corrected chi connectivity index (χ2v) is 6.73. The van der Waals surface area contributed by atoms with Crippen LogP contribution in [0.2, 0.25) is 0 Å². The molecule has 98 valence electrons. The lowest BCUT2D eigenvalue weighted by Gasteiger charge is -2.52. The standard InChI is InChI=1S/C14H19BrN2O/c1-13(2)8-14(9-13,12(18)17-16-3)10-5-4-6-11(15)7-10/h4-7,16H,8-9H2,1-3H3,(H,17,18). The molecule has 4 heteroatoms. The highest BCUT2D eigenvalue weighted by atomic mass is 79.9. The van der Waals surface area contributed by atoms with Crippen LogP contribution < -0.4 is 10.9 Å². The van der Waals surface area contributed by atoms with Gasteiger partial charge in [-0.3, -0.25) is 10.2 Å². The molecule has 0 atom stereocenters. The van der Waals surface area contributed by atoms with E-state index in [1.807, 2.05) is 24.3 Å². The van der Waals surface area contributed by atoms with Gasteiger partial charge in [0.15, 0.2) is 0 Å². The predicted octanol–water partition coefficient (Wildman–Crippen LogP) is 2.76. The fourth-order valence-electron chi connectivity index (χ4n) is 3.10. The zero-order chi connectivity index (χ0) is 13.4. The number of carbonyl (C=O) groups is 1. The fraction of sp³-hybridized carbons (Fsp3) is 0.500. The van der Waals surface area contributed by atoms with Crippen molar-refractivity contribution in [1.82, 2.24) is 10.9 Å². The van der Waals surface area contributed by atoms with Crippen molar-refractivity contribution in [1.29, 1.82) is 0 Å². The van der Waals surface area contributed by atoms with Crippen LogP contribution in [0.4, 0.5) is 0 Å². The molecule has 0 spiro atoms. The van der Waals surface area contributed by atoms with Gasteiger partial charge in [0.2, 0.25) is 5.91 Å². The summed E-state index contributed by atoms with van der Waals surface area (Å²) in [6, 6.07) is 8.05. The predicted molar refractivity (Wildman–Crippen MR) is 76.0 cm³/mol. The summed E-state index contributed by atoms with van der Waals surface area (Å²) in [6.45, 7) is 4.41. The van der Waals surface area contributed by atoms with E-state index in [0.717, 1.165) is 22.9 Å². The van der Waals surface area contributed by atoms with Crippen LogP contribution in [0.1, 0.15) is 32.3 Å². The average Bonchev–Trinajstić information content (AvgIpc) is 2.25. The summed E-state index contributed by atoms with van der Waals surface area (Å²) < 4.78 is 1.02. The van der Waals surface area contributed by atoms with Gasteiger partial charge in [0.1, 0.15) is 0 Å². The lowest BCUT2D eigenvalue weighted by atomic mass is 9.51. The fourth-order valence-corrected chi connectivity index (χ4v) is 3.50. The smallest absolute Gasteiger partial charge is 0.244 e. The molecule has 0 heterocycles. The summed E-state index contributed by atoms with van der Waals surface area (Å²) in [5.74, 6) is 0.0578. The van der Waals surface area contributed by atoms with Gasteiger partial charge in [-0.25, -0.2) is 5.43 Å². The van der Waals surface area contributed by atoms with E-state index < -0.39 is 5.41 Å². The molecule has 1 fully saturated rings. The minimum absolute atomic E-state index is 0.0578. The van der Waals surface area contributed by atoms with Crippen molar-refractivity contribution in [2.45, 2.75) is 32.1 Å². The zero-order valence-electron chi connectivity index (χ0n) is 11.0. The van der Waals surface area contributed by atoms with Crippen LogP contribution in [0.5, 0.6) is 0 Å². The zero-order valence-corrected chi connectivity index (χ0v) is 12.6. The van der Waals surface area contributed by atoms with Crippen molar-refractivity contribution in [3.63, 3.8) is 0 Å². The van der Waals surface area contributed by atoms with Crippen LogP contribution in [-0.2, 0) is 10.2 Å². The Bertz CT molecular complexity index is 463. The van der Waals surface area contributed by atoms with E-state index in [4.69, 9.17) is 0 Å². The van der Waals surface area contributed by atoms with E-state index in [9.17, 15) is 4.79 Å². The molecule has 3 nitrogen and oxygen atoms in total. The largest absolute Gasteiger partial charge is 0.291 e. The molecule has 0 aliphatic heterocycles. The van der Waals surface area contributed by atoms with E-state index in [0.29, 0.717) is 0 Å². The number of nitrogens with one attached hydrogen (secondary N) is 2. The molecule has 2 N–H and O–H groups in total. The molecule has 0 saturated heterocycles. The first kappa shape index (κ1) is 13.6. The van der Waals surface area contributed by atoms with Gasteiger partial charge in [0, 0.05) is 11.5 Å². The minimum Gasteiger partial charge on any atom is -0.291 e. The lowest BCUT2D eigenvalue weighted by molar-refractivity contribution is -0.136. The minimum atomic E-state index is -0.393. The topological polar surface area (TPSA) is 41.1 Å². The molecule has 1 aromatic rings. The number of benzene rings is 1. The molecule has 1 aliphatic rings. The Balaban J connectivity index is 2.35. The number of hydrogen-bond donors (Lipinski definition) is 2. The molecule has 0 unspecified atom stereocenters. The van der Waals surface area contributed by atoms with Crippen molar-refractivity contribution in [2.24, 2.45) is 5.41 Å². The third-order valence-electron chi connectivity index (χ3n) is 3.61. The number of hydrazine groups is 1. The molecule has 0 radical (unpaired) electrons. The Morgan fingerprint density at radius 1 is 1.33 bits per heavy atom. The monoisotopic (exact) mass is 310 g/mol. The van der Waals surface area contributed by atoms with Gasteiger partial charge in [-0.05, 0) is 36.0 Å². The summed E-state index contributed by atoms with van der Waals surface area (Å²) in [6.07, 6.45) is 1.76. The number of carbonyl (C=O) groups excluding carboxylic acids is 1. The summed E-state index contributed by atoms with van der Waals surface area (Å²) in [7, 11) is 1.72. The lowest BCUT2D eigenvalue weighted by Crippen LogP contribution is -2.58. The SMILES string of the molecule is CNNC(=O)C1(c2cccc(Br)c2)CC(C)(C)C1. The summed E-state index contributed by atoms with van der Waals surface area (Å²) >= 11 is 3.48. The average molecular weight is 311 g/mol. The van der Waals surface area contributed by atoms with E-state index in [1.54, 1.807) is 7.05 Å². The van der Waals surface area contributed by atoms with Crippen LogP contribution in [0, 0.1) is 5.41 Å². The maximum atomic E-state index is 12.4. The van der Waals surface area contributed by atoms with Crippen LogP contribution >= 0.6 is 15.9 Å². The Morgan fingerprint density at radius 3 is 2.50 bits per heavy atom. The third-order valence-corrected chi connectivity index (χ3v) is 4.10. The van der Waals surface area contributed by atoms with Gasteiger partial charge in [-0.1, -0.05) is 41.9 Å². The highest BCUT2D eigenvalue weighted by Crippen LogP contribution is 2.55. The molecule has 1 amide bonds. The summed E-state index contributed by atoms with van der Waals surface area (Å²) in [5, 5.41) is 0. The van der Waals surface area contributed by atoms with Crippen molar-refractivity contribution in [2.75, 3.05) is 7.05 Å². The second-order valence-electron chi connectivity index (χ2n) is 5.81. The van der Waals surface area contributed by atoms with Crippen LogP contribution in [0.15, 0.2) is 28.7 Å². The molecule has 1 saturated carbocycles. The number of rotatable bonds is 3. The van der Waals surface area contributed by atoms with Gasteiger partial charge in [0.05, 0.1) is 5.41 Å². The normalized spacial score (nSPS) is 20.0. The van der Waals surface area contributed by atoms with E-state index >= 15 is 0 Å². The molecule has 1 aromatic carbocycles. The van der Waals surface area contributed by atoms with Gasteiger partial charge in [-0.2, -0.15) is 0 Å². The van der Waals surface area contributed by atoms with Gasteiger partial charge in [-0.15, -0.1) is 0 Å². The van der Waals surface area contributed by atoms with E-state index in [1.165, 1.54) is 0 Å².